The summed E-state index contributed by atoms with van der Waals surface area (Å²) in [4.78, 5) is 16.9. The molecular formula is C19H19BrN4OS2. The number of rotatable bonds is 5. The number of anilines is 1. The van der Waals surface area contributed by atoms with E-state index in [4.69, 9.17) is 0 Å². The van der Waals surface area contributed by atoms with Crippen LogP contribution in [0.3, 0.4) is 0 Å². The van der Waals surface area contributed by atoms with Gasteiger partial charge in [0.05, 0.1) is 15.2 Å². The van der Waals surface area contributed by atoms with Crippen LogP contribution in [-0.4, -0.2) is 29.2 Å². The summed E-state index contributed by atoms with van der Waals surface area (Å²) in [7, 11) is 0. The van der Waals surface area contributed by atoms with Crippen molar-refractivity contribution >= 4 is 50.3 Å². The molecule has 4 rings (SSSR count). The second-order valence-electron chi connectivity index (χ2n) is 6.44. The van der Waals surface area contributed by atoms with E-state index < -0.39 is 0 Å². The van der Waals surface area contributed by atoms with E-state index in [1.165, 1.54) is 4.88 Å². The van der Waals surface area contributed by atoms with Crippen LogP contribution in [0.1, 0.15) is 17.7 Å². The van der Waals surface area contributed by atoms with Gasteiger partial charge in [-0.25, -0.2) is 0 Å². The minimum absolute atomic E-state index is 0.0805. The van der Waals surface area contributed by atoms with E-state index in [1.807, 2.05) is 41.8 Å². The van der Waals surface area contributed by atoms with Gasteiger partial charge in [-0.1, -0.05) is 6.07 Å². The van der Waals surface area contributed by atoms with E-state index in [2.05, 4.69) is 36.3 Å². The summed E-state index contributed by atoms with van der Waals surface area (Å²) < 4.78 is 1.09. The van der Waals surface area contributed by atoms with E-state index in [9.17, 15) is 4.79 Å². The fraction of sp³-hybridized carbons (Fsp3) is 0.316. The van der Waals surface area contributed by atoms with Crippen LogP contribution in [0.2, 0.25) is 0 Å². The van der Waals surface area contributed by atoms with E-state index in [1.54, 1.807) is 22.7 Å². The average Bonchev–Trinajstić information content (AvgIpc) is 3.38. The molecule has 1 aliphatic heterocycles. The average molecular weight is 463 g/mol. The van der Waals surface area contributed by atoms with E-state index >= 15 is 0 Å². The van der Waals surface area contributed by atoms with Crippen LogP contribution >= 0.6 is 38.6 Å². The lowest BCUT2D eigenvalue weighted by Gasteiger charge is -2.31. The smallest absolute Gasteiger partial charge is 0.223 e. The lowest BCUT2D eigenvalue weighted by molar-refractivity contribution is -0.125. The standard InChI is InChI=1S/C19H19BrN4OS2/c20-17-5-4-16(27-17)15-3-6-18(23-22-15)24-9-7-13(8-10-24)19(25)21-12-14-2-1-11-26-14/h1-6,11,13H,7-10,12H2,(H,21,25). The van der Waals surface area contributed by atoms with Gasteiger partial charge < -0.3 is 10.2 Å². The minimum Gasteiger partial charge on any atom is -0.355 e. The Morgan fingerprint density at radius 1 is 1.19 bits per heavy atom. The van der Waals surface area contributed by atoms with Gasteiger partial charge in [-0.05, 0) is 64.5 Å². The second kappa shape index (κ2) is 8.50. The Morgan fingerprint density at radius 2 is 2.04 bits per heavy atom. The molecule has 1 amide bonds. The zero-order valence-electron chi connectivity index (χ0n) is 14.6. The summed E-state index contributed by atoms with van der Waals surface area (Å²) in [6.45, 7) is 2.29. The maximum atomic E-state index is 12.4. The third kappa shape index (κ3) is 4.56. The molecule has 0 atom stereocenters. The number of halogens is 1. The molecule has 8 heteroatoms. The fourth-order valence-corrected chi connectivity index (χ4v) is 5.18. The number of hydrogen-bond acceptors (Lipinski definition) is 6. The summed E-state index contributed by atoms with van der Waals surface area (Å²) in [5.41, 5.74) is 0.886. The van der Waals surface area contributed by atoms with Crippen molar-refractivity contribution in [3.05, 3.63) is 50.4 Å². The first-order valence-corrected chi connectivity index (χ1v) is 11.3. The molecule has 1 saturated heterocycles. The molecule has 0 aromatic carbocycles. The molecular weight excluding hydrogens is 444 g/mol. The van der Waals surface area contributed by atoms with Crippen molar-refractivity contribution in [2.45, 2.75) is 19.4 Å². The number of piperidine rings is 1. The summed E-state index contributed by atoms with van der Waals surface area (Å²) in [5.74, 6) is 1.12. The molecule has 0 aliphatic carbocycles. The highest BCUT2D eigenvalue weighted by atomic mass is 79.9. The van der Waals surface area contributed by atoms with Gasteiger partial charge in [0.2, 0.25) is 5.91 Å². The Labute approximate surface area is 174 Å². The molecule has 27 heavy (non-hydrogen) atoms. The number of nitrogens with one attached hydrogen (secondary N) is 1. The quantitative estimate of drug-likeness (QED) is 0.603. The molecule has 140 valence electrons. The number of carbonyl (C=O) groups is 1. The first kappa shape index (κ1) is 18.6. The van der Waals surface area contributed by atoms with Crippen molar-refractivity contribution in [2.75, 3.05) is 18.0 Å². The van der Waals surface area contributed by atoms with Crippen LogP contribution in [-0.2, 0) is 11.3 Å². The predicted octanol–water partition coefficient (Wildman–Crippen LogP) is 4.56. The lowest BCUT2D eigenvalue weighted by atomic mass is 9.96. The molecule has 1 N–H and O–H groups in total. The molecule has 0 bridgehead atoms. The highest BCUT2D eigenvalue weighted by Crippen LogP contribution is 2.30. The second-order valence-corrected chi connectivity index (χ2v) is 9.93. The molecule has 0 radical (unpaired) electrons. The molecule has 3 aromatic heterocycles. The molecule has 0 unspecified atom stereocenters. The topological polar surface area (TPSA) is 58.1 Å². The van der Waals surface area contributed by atoms with Gasteiger partial charge >= 0.3 is 0 Å². The monoisotopic (exact) mass is 462 g/mol. The molecule has 5 nitrogen and oxygen atoms in total. The third-order valence-corrected chi connectivity index (χ3v) is 7.21. The van der Waals surface area contributed by atoms with Gasteiger partial charge in [0.15, 0.2) is 5.82 Å². The normalized spacial score (nSPS) is 15.1. The molecule has 4 heterocycles. The maximum Gasteiger partial charge on any atom is 0.223 e. The fourth-order valence-electron chi connectivity index (χ4n) is 3.18. The van der Waals surface area contributed by atoms with Crippen LogP contribution < -0.4 is 10.2 Å². The van der Waals surface area contributed by atoms with Crippen molar-refractivity contribution in [3.63, 3.8) is 0 Å². The van der Waals surface area contributed by atoms with Crippen molar-refractivity contribution in [1.82, 2.24) is 15.5 Å². The zero-order valence-corrected chi connectivity index (χ0v) is 17.8. The molecule has 1 aliphatic rings. The van der Waals surface area contributed by atoms with E-state index in [-0.39, 0.29) is 11.8 Å². The maximum absolute atomic E-state index is 12.4. The molecule has 1 fully saturated rings. The number of amides is 1. The SMILES string of the molecule is O=C(NCc1cccs1)C1CCN(c2ccc(-c3ccc(Br)s3)nn2)CC1. The van der Waals surface area contributed by atoms with Crippen molar-refractivity contribution in [2.24, 2.45) is 5.92 Å². The van der Waals surface area contributed by atoms with Gasteiger partial charge in [-0.2, -0.15) is 0 Å². The summed E-state index contributed by atoms with van der Waals surface area (Å²) in [6, 6.07) is 12.1. The number of aromatic nitrogens is 2. The Kier molecular flexibility index (Phi) is 5.85. The van der Waals surface area contributed by atoms with Crippen LogP contribution in [0.25, 0.3) is 10.6 Å². The van der Waals surface area contributed by atoms with Gasteiger partial charge in [0, 0.05) is 23.9 Å². The van der Waals surface area contributed by atoms with E-state index in [0.29, 0.717) is 6.54 Å². The Balaban J connectivity index is 1.30. The molecule has 0 spiro atoms. The Hall–Kier alpha value is -1.77. The lowest BCUT2D eigenvalue weighted by Crippen LogP contribution is -2.40. The molecule has 3 aromatic rings. The van der Waals surface area contributed by atoms with Gasteiger partial charge in [0.25, 0.3) is 0 Å². The number of hydrogen-bond donors (Lipinski definition) is 1. The van der Waals surface area contributed by atoms with Gasteiger partial charge in [-0.15, -0.1) is 32.9 Å². The van der Waals surface area contributed by atoms with Crippen LogP contribution in [0.4, 0.5) is 5.82 Å². The van der Waals surface area contributed by atoms with Gasteiger partial charge in [-0.3, -0.25) is 4.79 Å². The summed E-state index contributed by atoms with van der Waals surface area (Å²) in [6.07, 6.45) is 1.69. The largest absolute Gasteiger partial charge is 0.355 e. The van der Waals surface area contributed by atoms with Crippen LogP contribution in [0, 0.1) is 5.92 Å². The first-order valence-electron chi connectivity index (χ1n) is 8.83. The van der Waals surface area contributed by atoms with Crippen LogP contribution in [0.15, 0.2) is 45.6 Å². The third-order valence-electron chi connectivity index (χ3n) is 4.68. The molecule has 0 saturated carbocycles. The minimum atomic E-state index is 0.0805. The zero-order chi connectivity index (χ0) is 18.6. The first-order chi connectivity index (χ1) is 13.2. The highest BCUT2D eigenvalue weighted by Gasteiger charge is 2.25. The highest BCUT2D eigenvalue weighted by molar-refractivity contribution is 9.11. The van der Waals surface area contributed by atoms with Crippen molar-refractivity contribution in [1.29, 1.82) is 0 Å². The number of carbonyl (C=O) groups excluding carboxylic acids is 1. The summed E-state index contributed by atoms with van der Waals surface area (Å²) >= 11 is 6.79. The Bertz CT molecular complexity index is 887. The van der Waals surface area contributed by atoms with Gasteiger partial charge in [0.1, 0.15) is 5.69 Å². The van der Waals surface area contributed by atoms with Crippen molar-refractivity contribution < 1.29 is 4.79 Å². The van der Waals surface area contributed by atoms with Crippen molar-refractivity contribution in [3.8, 4) is 10.6 Å². The number of nitrogens with zero attached hydrogens (tertiary/aromatic N) is 3. The van der Waals surface area contributed by atoms with Crippen LogP contribution in [0.5, 0.6) is 0 Å². The number of thiophene rings is 2. The summed E-state index contributed by atoms with van der Waals surface area (Å²) in [5, 5.41) is 13.9. The predicted molar refractivity (Wildman–Crippen MR) is 114 cm³/mol. The van der Waals surface area contributed by atoms with E-state index in [0.717, 1.165) is 46.1 Å². The Morgan fingerprint density at radius 3 is 2.67 bits per heavy atom.